The van der Waals surface area contributed by atoms with E-state index < -0.39 is 0 Å². The number of nitrogens with one attached hydrogen (secondary N) is 1. The number of rotatable bonds is 6. The van der Waals surface area contributed by atoms with Gasteiger partial charge in [0.05, 0.1) is 19.3 Å². The second-order valence-corrected chi connectivity index (χ2v) is 6.06. The second-order valence-electron chi connectivity index (χ2n) is 4.06. The molecule has 1 rings (SSSR count). The van der Waals surface area contributed by atoms with E-state index in [1.54, 1.807) is 12.1 Å². The Morgan fingerprint density at radius 3 is 2.79 bits per heavy atom. The van der Waals surface area contributed by atoms with Crippen LogP contribution in [0.3, 0.4) is 0 Å². The van der Waals surface area contributed by atoms with Gasteiger partial charge in [0.25, 0.3) is 5.91 Å². The standard InChI is InChI=1S/C13H18BrNO3S/c1-8(12(7-16)19-3)15-13(17)10-6-9(14)4-5-11(10)18-2/h4-6,8,12,16H,7H2,1-3H3,(H,15,17). The van der Waals surface area contributed by atoms with E-state index in [0.29, 0.717) is 11.3 Å². The number of methoxy groups -OCH3 is 1. The molecule has 19 heavy (non-hydrogen) atoms. The van der Waals surface area contributed by atoms with Gasteiger partial charge in [0.2, 0.25) is 0 Å². The van der Waals surface area contributed by atoms with E-state index in [4.69, 9.17) is 4.74 Å². The first kappa shape index (κ1) is 16.3. The van der Waals surface area contributed by atoms with Crippen LogP contribution in [0.5, 0.6) is 5.75 Å². The zero-order valence-corrected chi connectivity index (χ0v) is 13.5. The third kappa shape index (κ3) is 4.40. The van der Waals surface area contributed by atoms with Gasteiger partial charge < -0.3 is 15.2 Å². The van der Waals surface area contributed by atoms with Crippen LogP contribution in [-0.4, -0.2) is 42.3 Å². The van der Waals surface area contributed by atoms with Crippen LogP contribution in [-0.2, 0) is 0 Å². The number of aliphatic hydroxyl groups excluding tert-OH is 1. The van der Waals surface area contributed by atoms with Crippen LogP contribution in [0.2, 0.25) is 0 Å². The molecule has 0 fully saturated rings. The minimum atomic E-state index is -0.210. The summed E-state index contributed by atoms with van der Waals surface area (Å²) in [6.45, 7) is 1.90. The maximum atomic E-state index is 12.2. The van der Waals surface area contributed by atoms with Crippen molar-refractivity contribution in [2.45, 2.75) is 18.2 Å². The number of hydrogen-bond acceptors (Lipinski definition) is 4. The molecule has 106 valence electrons. The Morgan fingerprint density at radius 2 is 2.26 bits per heavy atom. The maximum Gasteiger partial charge on any atom is 0.255 e. The van der Waals surface area contributed by atoms with Crippen molar-refractivity contribution >= 4 is 33.6 Å². The number of halogens is 1. The highest BCUT2D eigenvalue weighted by molar-refractivity contribution is 9.10. The molecule has 4 nitrogen and oxygen atoms in total. The molecule has 2 atom stereocenters. The van der Waals surface area contributed by atoms with Crippen LogP contribution in [0.25, 0.3) is 0 Å². The molecule has 0 aliphatic carbocycles. The van der Waals surface area contributed by atoms with Crippen LogP contribution in [0.4, 0.5) is 0 Å². The summed E-state index contributed by atoms with van der Waals surface area (Å²) in [5.74, 6) is 0.316. The minimum Gasteiger partial charge on any atom is -0.496 e. The molecule has 1 aromatic rings. The van der Waals surface area contributed by atoms with Gasteiger partial charge >= 0.3 is 0 Å². The largest absolute Gasteiger partial charge is 0.496 e. The second kappa shape index (κ2) is 7.77. The lowest BCUT2D eigenvalue weighted by molar-refractivity contribution is 0.0933. The highest BCUT2D eigenvalue weighted by atomic mass is 79.9. The van der Waals surface area contributed by atoms with Gasteiger partial charge in [-0.05, 0) is 31.4 Å². The zero-order chi connectivity index (χ0) is 14.4. The van der Waals surface area contributed by atoms with E-state index in [1.165, 1.54) is 18.9 Å². The van der Waals surface area contributed by atoms with Crippen molar-refractivity contribution in [3.05, 3.63) is 28.2 Å². The molecular formula is C13H18BrNO3S. The summed E-state index contributed by atoms with van der Waals surface area (Å²) in [6.07, 6.45) is 1.91. The smallest absolute Gasteiger partial charge is 0.255 e. The number of carbonyl (C=O) groups is 1. The topological polar surface area (TPSA) is 58.6 Å². The van der Waals surface area contributed by atoms with Gasteiger partial charge in [0.1, 0.15) is 5.75 Å². The van der Waals surface area contributed by atoms with Crippen LogP contribution in [0.15, 0.2) is 22.7 Å². The predicted molar refractivity (Wildman–Crippen MR) is 82.0 cm³/mol. The van der Waals surface area contributed by atoms with E-state index in [1.807, 2.05) is 19.2 Å². The van der Waals surface area contributed by atoms with E-state index in [0.717, 1.165) is 4.47 Å². The number of thioether (sulfide) groups is 1. The molecular weight excluding hydrogens is 330 g/mol. The van der Waals surface area contributed by atoms with E-state index >= 15 is 0 Å². The number of amides is 1. The number of ether oxygens (including phenoxy) is 1. The molecule has 0 aliphatic heterocycles. The fourth-order valence-corrected chi connectivity index (χ4v) is 2.66. The SMILES string of the molecule is COc1ccc(Br)cc1C(=O)NC(C)C(CO)SC. The normalized spacial score (nSPS) is 13.7. The number of aliphatic hydroxyl groups is 1. The summed E-state index contributed by atoms with van der Waals surface area (Å²) in [7, 11) is 1.53. The predicted octanol–water partition coefficient (Wildman–Crippen LogP) is 2.30. The minimum absolute atomic E-state index is 0.0258. The highest BCUT2D eigenvalue weighted by Gasteiger charge is 2.20. The molecule has 0 radical (unpaired) electrons. The molecule has 2 unspecified atom stereocenters. The molecule has 0 heterocycles. The maximum absolute atomic E-state index is 12.2. The number of carbonyl (C=O) groups excluding carboxylic acids is 1. The van der Waals surface area contributed by atoms with Gasteiger partial charge in [-0.1, -0.05) is 15.9 Å². The Kier molecular flexibility index (Phi) is 6.68. The first-order valence-electron chi connectivity index (χ1n) is 5.81. The molecule has 0 saturated heterocycles. The molecule has 6 heteroatoms. The fourth-order valence-electron chi connectivity index (χ4n) is 1.67. The van der Waals surface area contributed by atoms with Gasteiger partial charge in [0.15, 0.2) is 0 Å². The molecule has 0 saturated carbocycles. The molecule has 0 aliphatic rings. The molecule has 1 aromatic carbocycles. The Balaban J connectivity index is 2.86. The molecule has 2 N–H and O–H groups in total. The average molecular weight is 348 g/mol. The fraction of sp³-hybridized carbons (Fsp3) is 0.462. The van der Waals surface area contributed by atoms with Crippen molar-refractivity contribution in [1.29, 1.82) is 0 Å². The number of benzene rings is 1. The summed E-state index contributed by atoms with van der Waals surface area (Å²) in [4.78, 5) is 12.2. The van der Waals surface area contributed by atoms with Gasteiger partial charge in [-0.25, -0.2) is 0 Å². The van der Waals surface area contributed by atoms with E-state index in [2.05, 4.69) is 21.2 Å². The van der Waals surface area contributed by atoms with Crippen molar-refractivity contribution < 1.29 is 14.6 Å². The molecule has 0 aromatic heterocycles. The van der Waals surface area contributed by atoms with Crippen molar-refractivity contribution in [3.8, 4) is 5.75 Å². The summed E-state index contributed by atoms with van der Waals surface area (Å²) in [5.41, 5.74) is 0.474. The van der Waals surface area contributed by atoms with Gasteiger partial charge in [-0.15, -0.1) is 0 Å². The quantitative estimate of drug-likeness (QED) is 0.828. The van der Waals surface area contributed by atoms with Crippen molar-refractivity contribution in [2.75, 3.05) is 20.0 Å². The van der Waals surface area contributed by atoms with Gasteiger partial charge in [0, 0.05) is 15.8 Å². The third-order valence-electron chi connectivity index (χ3n) is 2.81. The Bertz CT molecular complexity index is 438. The van der Waals surface area contributed by atoms with Crippen LogP contribution in [0, 0.1) is 0 Å². The third-order valence-corrected chi connectivity index (χ3v) is 4.46. The highest BCUT2D eigenvalue weighted by Crippen LogP contribution is 2.23. The van der Waals surface area contributed by atoms with Crippen molar-refractivity contribution in [2.24, 2.45) is 0 Å². The van der Waals surface area contributed by atoms with E-state index in [9.17, 15) is 9.90 Å². The Morgan fingerprint density at radius 1 is 1.58 bits per heavy atom. The monoisotopic (exact) mass is 347 g/mol. The number of hydrogen-bond donors (Lipinski definition) is 2. The van der Waals surface area contributed by atoms with Crippen LogP contribution < -0.4 is 10.1 Å². The lowest BCUT2D eigenvalue weighted by Gasteiger charge is -2.21. The summed E-state index contributed by atoms with van der Waals surface area (Å²) >= 11 is 4.86. The summed E-state index contributed by atoms with van der Waals surface area (Å²) in [5, 5.41) is 12.1. The summed E-state index contributed by atoms with van der Waals surface area (Å²) in [6, 6.07) is 5.14. The van der Waals surface area contributed by atoms with Gasteiger partial charge in [-0.3, -0.25) is 4.79 Å². The van der Waals surface area contributed by atoms with Crippen LogP contribution >= 0.6 is 27.7 Å². The zero-order valence-electron chi connectivity index (χ0n) is 11.1. The van der Waals surface area contributed by atoms with Gasteiger partial charge in [-0.2, -0.15) is 11.8 Å². The van der Waals surface area contributed by atoms with Crippen LogP contribution in [0.1, 0.15) is 17.3 Å². The first-order chi connectivity index (χ1) is 9.03. The molecule has 0 spiro atoms. The van der Waals surface area contributed by atoms with E-state index in [-0.39, 0.29) is 23.8 Å². The lowest BCUT2D eigenvalue weighted by Crippen LogP contribution is -2.41. The summed E-state index contributed by atoms with van der Waals surface area (Å²) < 4.78 is 5.99. The molecule has 1 amide bonds. The average Bonchev–Trinajstić information content (AvgIpc) is 2.40. The Hall–Kier alpha value is -0.720. The molecule has 0 bridgehead atoms. The van der Waals surface area contributed by atoms with Crippen molar-refractivity contribution in [3.63, 3.8) is 0 Å². The van der Waals surface area contributed by atoms with Crippen molar-refractivity contribution in [1.82, 2.24) is 5.32 Å². The lowest BCUT2D eigenvalue weighted by atomic mass is 10.1. The Labute approximate surface area is 126 Å². The first-order valence-corrected chi connectivity index (χ1v) is 7.89.